The molecule has 2 amide bonds. The smallest absolute Gasteiger partial charge is 0.335 e. The average Bonchev–Trinajstić information content (AvgIpc) is 3.39. The van der Waals surface area contributed by atoms with Gasteiger partial charge in [0.2, 0.25) is 5.95 Å². The third-order valence-corrected chi connectivity index (χ3v) is 5.69. The Kier molecular flexibility index (Phi) is 4.48. The minimum absolute atomic E-state index is 0.140. The van der Waals surface area contributed by atoms with Crippen LogP contribution in [0.1, 0.15) is 50.8 Å². The van der Waals surface area contributed by atoms with Gasteiger partial charge in [-0.15, -0.1) is 0 Å². The first kappa shape index (κ1) is 17.5. The number of hydrazine groups is 1. The normalized spacial score (nSPS) is 22.2. The Bertz CT molecular complexity index is 684. The van der Waals surface area contributed by atoms with E-state index < -0.39 is 5.54 Å². The zero-order valence-corrected chi connectivity index (χ0v) is 15.6. The fourth-order valence-electron chi connectivity index (χ4n) is 3.75. The number of amides is 2. The van der Waals surface area contributed by atoms with Crippen LogP contribution in [0, 0.1) is 5.92 Å². The maximum atomic E-state index is 12.8. The number of anilines is 1. The van der Waals surface area contributed by atoms with E-state index in [1.807, 2.05) is 20.0 Å². The molecule has 0 aromatic carbocycles. The van der Waals surface area contributed by atoms with E-state index in [0.717, 1.165) is 50.2 Å². The van der Waals surface area contributed by atoms with E-state index in [2.05, 4.69) is 10.3 Å². The van der Waals surface area contributed by atoms with Crippen LogP contribution in [-0.4, -0.2) is 51.7 Å². The highest BCUT2D eigenvalue weighted by Gasteiger charge is 2.43. The van der Waals surface area contributed by atoms with E-state index in [9.17, 15) is 4.79 Å². The van der Waals surface area contributed by atoms with E-state index in [1.165, 1.54) is 5.01 Å². The second-order valence-electron chi connectivity index (χ2n) is 8.11. The number of carbonyl (C=O) groups is 1. The van der Waals surface area contributed by atoms with Crippen LogP contribution < -0.4 is 11.2 Å². The van der Waals surface area contributed by atoms with Crippen LogP contribution in [0.4, 0.5) is 10.7 Å². The van der Waals surface area contributed by atoms with Gasteiger partial charge in [-0.1, -0.05) is 0 Å². The lowest BCUT2D eigenvalue weighted by Crippen LogP contribution is -2.51. The van der Waals surface area contributed by atoms with Crippen LogP contribution in [0.2, 0.25) is 0 Å². The Balaban J connectivity index is 1.48. The predicted octanol–water partition coefficient (Wildman–Crippen LogP) is 1.82. The number of nitrogens with zero attached hydrogens (tertiary/aromatic N) is 4. The summed E-state index contributed by atoms with van der Waals surface area (Å²) in [4.78, 5) is 23.8. The van der Waals surface area contributed by atoms with Gasteiger partial charge in [0.1, 0.15) is 0 Å². The number of ether oxygens (including phenoxy) is 1. The van der Waals surface area contributed by atoms with E-state index in [4.69, 9.17) is 15.6 Å². The highest BCUT2D eigenvalue weighted by atomic mass is 16.5. The van der Waals surface area contributed by atoms with Crippen molar-refractivity contribution >= 4 is 12.0 Å². The van der Waals surface area contributed by atoms with Gasteiger partial charge in [0.25, 0.3) is 0 Å². The Morgan fingerprint density at radius 3 is 2.81 bits per heavy atom. The van der Waals surface area contributed by atoms with Gasteiger partial charge in [0.15, 0.2) is 0 Å². The molecule has 1 aliphatic carbocycles. The lowest BCUT2D eigenvalue weighted by Gasteiger charge is -2.34. The lowest BCUT2D eigenvalue weighted by molar-refractivity contribution is 0.0903. The molecule has 0 unspecified atom stereocenters. The molecule has 8 nitrogen and oxygen atoms in total. The van der Waals surface area contributed by atoms with E-state index in [1.54, 1.807) is 4.90 Å². The van der Waals surface area contributed by atoms with Crippen LogP contribution >= 0.6 is 0 Å². The molecule has 1 saturated carbocycles. The summed E-state index contributed by atoms with van der Waals surface area (Å²) < 4.78 is 5.39. The number of nitrogens with one attached hydrogen (secondary N) is 1. The predicted molar refractivity (Wildman–Crippen MR) is 97.1 cm³/mol. The molecular weight excluding hydrogens is 332 g/mol. The van der Waals surface area contributed by atoms with Crippen molar-refractivity contribution in [1.29, 1.82) is 0 Å². The SMILES string of the molecule is CC1(C)c2cnc(NC3CCOCC3)nc2CN1C(=O)N(N)CC1CC1. The van der Waals surface area contributed by atoms with Crippen molar-refractivity contribution in [3.8, 4) is 0 Å². The van der Waals surface area contributed by atoms with Crippen molar-refractivity contribution in [3.05, 3.63) is 17.5 Å². The first-order valence-corrected chi connectivity index (χ1v) is 9.49. The summed E-state index contributed by atoms with van der Waals surface area (Å²) in [5, 5.41) is 4.76. The topological polar surface area (TPSA) is 96.6 Å². The molecule has 0 spiro atoms. The summed E-state index contributed by atoms with van der Waals surface area (Å²) in [6.07, 6.45) is 6.09. The van der Waals surface area contributed by atoms with Crippen molar-refractivity contribution in [3.63, 3.8) is 0 Å². The second-order valence-corrected chi connectivity index (χ2v) is 8.11. The fraction of sp³-hybridized carbons (Fsp3) is 0.722. The highest BCUT2D eigenvalue weighted by molar-refractivity contribution is 5.76. The molecule has 0 radical (unpaired) electrons. The molecule has 3 N–H and O–H groups in total. The van der Waals surface area contributed by atoms with E-state index in [-0.39, 0.29) is 6.03 Å². The van der Waals surface area contributed by atoms with E-state index >= 15 is 0 Å². The third-order valence-electron chi connectivity index (χ3n) is 5.69. The van der Waals surface area contributed by atoms with Crippen LogP contribution in [0.15, 0.2) is 6.20 Å². The fourth-order valence-corrected chi connectivity index (χ4v) is 3.75. The van der Waals surface area contributed by atoms with Crippen molar-refractivity contribution in [2.45, 2.75) is 57.7 Å². The molecule has 0 bridgehead atoms. The quantitative estimate of drug-likeness (QED) is 0.483. The summed E-state index contributed by atoms with van der Waals surface area (Å²) >= 11 is 0. The van der Waals surface area contributed by atoms with Crippen LogP contribution in [0.25, 0.3) is 0 Å². The number of fused-ring (bicyclic) bond motifs is 1. The summed E-state index contributed by atoms with van der Waals surface area (Å²) in [6, 6.07) is 0.200. The number of rotatable bonds is 4. The zero-order valence-electron chi connectivity index (χ0n) is 15.6. The minimum Gasteiger partial charge on any atom is -0.381 e. The number of urea groups is 1. The largest absolute Gasteiger partial charge is 0.381 e. The van der Waals surface area contributed by atoms with Gasteiger partial charge >= 0.3 is 6.03 Å². The Morgan fingerprint density at radius 1 is 1.38 bits per heavy atom. The van der Waals surface area contributed by atoms with Gasteiger partial charge in [-0.25, -0.2) is 20.6 Å². The number of carbonyl (C=O) groups excluding carboxylic acids is 1. The first-order chi connectivity index (χ1) is 12.4. The summed E-state index contributed by atoms with van der Waals surface area (Å²) in [7, 11) is 0. The molecule has 26 heavy (non-hydrogen) atoms. The van der Waals surface area contributed by atoms with Gasteiger partial charge in [-0.2, -0.15) is 0 Å². The van der Waals surface area contributed by atoms with Crippen LogP contribution in [0.3, 0.4) is 0 Å². The molecule has 0 atom stereocenters. The number of hydrogen-bond donors (Lipinski definition) is 2. The zero-order chi connectivity index (χ0) is 18.3. The number of nitrogens with two attached hydrogens (primary N) is 1. The van der Waals surface area contributed by atoms with Gasteiger partial charge in [-0.05, 0) is 45.4 Å². The number of hydrogen-bond acceptors (Lipinski definition) is 6. The molecule has 2 aliphatic heterocycles. The molecular formula is C18H28N6O2. The Labute approximate surface area is 154 Å². The van der Waals surface area contributed by atoms with Gasteiger partial charge in [-0.3, -0.25) is 5.01 Å². The molecule has 1 aromatic rings. The Hall–Kier alpha value is -1.93. The molecule has 2 fully saturated rings. The van der Waals surface area contributed by atoms with Gasteiger partial charge < -0.3 is 15.0 Å². The standard InChI is InChI=1S/C18H28N6O2/c1-18(2)14-9-20-16(21-13-5-7-26-8-6-13)22-15(14)11-23(18)17(25)24(19)10-12-3-4-12/h9,12-13H,3-8,10-11,19H2,1-2H3,(H,20,21,22). The molecule has 1 saturated heterocycles. The maximum absolute atomic E-state index is 12.8. The molecule has 142 valence electrons. The highest BCUT2D eigenvalue weighted by Crippen LogP contribution is 2.39. The third kappa shape index (κ3) is 3.35. The minimum atomic E-state index is -0.467. The van der Waals surface area contributed by atoms with Crippen LogP contribution in [0.5, 0.6) is 0 Å². The average molecular weight is 360 g/mol. The molecule has 3 heterocycles. The van der Waals surface area contributed by atoms with Gasteiger partial charge in [0, 0.05) is 37.6 Å². The molecule has 3 aliphatic rings. The number of aromatic nitrogens is 2. The van der Waals surface area contributed by atoms with Crippen molar-refractivity contribution in [2.24, 2.45) is 11.8 Å². The van der Waals surface area contributed by atoms with Crippen molar-refractivity contribution in [1.82, 2.24) is 19.9 Å². The molecule has 1 aromatic heterocycles. The van der Waals surface area contributed by atoms with Crippen molar-refractivity contribution in [2.75, 3.05) is 25.1 Å². The van der Waals surface area contributed by atoms with E-state index in [0.29, 0.717) is 31.0 Å². The molecule has 8 heteroatoms. The lowest BCUT2D eigenvalue weighted by atomic mass is 9.97. The summed E-state index contributed by atoms with van der Waals surface area (Å²) in [6.45, 7) is 6.68. The summed E-state index contributed by atoms with van der Waals surface area (Å²) in [5.41, 5.74) is 1.42. The molecule has 4 rings (SSSR count). The second kappa shape index (κ2) is 6.66. The van der Waals surface area contributed by atoms with Crippen LogP contribution in [-0.2, 0) is 16.8 Å². The van der Waals surface area contributed by atoms with Crippen molar-refractivity contribution < 1.29 is 9.53 Å². The van der Waals surface area contributed by atoms with Gasteiger partial charge in [0.05, 0.1) is 17.8 Å². The maximum Gasteiger partial charge on any atom is 0.335 e. The monoisotopic (exact) mass is 360 g/mol. The first-order valence-electron chi connectivity index (χ1n) is 9.49. The summed E-state index contributed by atoms with van der Waals surface area (Å²) in [5.74, 6) is 7.22. The Morgan fingerprint density at radius 2 is 2.12 bits per heavy atom.